The molecule has 2 aliphatic heterocycles. The minimum absolute atomic E-state index is 0.0173. The molecule has 2 atom stereocenters. The van der Waals surface area contributed by atoms with E-state index < -0.39 is 5.54 Å². The molecule has 0 aromatic carbocycles. The average molecular weight is 348 g/mol. The molecule has 1 aliphatic carbocycles. The van der Waals surface area contributed by atoms with Crippen molar-refractivity contribution in [3.05, 3.63) is 22.4 Å². The fraction of sp³-hybridized carbons (Fsp3) is 0.667. The zero-order chi connectivity index (χ0) is 16.7. The number of likely N-dealkylation sites (tertiary alicyclic amines) is 1. The Morgan fingerprint density at radius 3 is 2.83 bits per heavy atom. The van der Waals surface area contributed by atoms with E-state index in [9.17, 15) is 9.59 Å². The van der Waals surface area contributed by atoms with Crippen LogP contribution in [0.3, 0.4) is 0 Å². The molecule has 1 spiro atoms. The smallest absolute Gasteiger partial charge is 0.323 e. The molecule has 24 heavy (non-hydrogen) atoms. The highest BCUT2D eigenvalue weighted by Crippen LogP contribution is 2.36. The van der Waals surface area contributed by atoms with Crippen LogP contribution < -0.4 is 10.2 Å². The van der Waals surface area contributed by atoms with Crippen molar-refractivity contribution in [3.63, 3.8) is 0 Å². The van der Waals surface area contributed by atoms with E-state index in [1.165, 1.54) is 14.7 Å². The highest BCUT2D eigenvalue weighted by atomic mass is 32.1. The summed E-state index contributed by atoms with van der Waals surface area (Å²) < 4.78 is 0. The van der Waals surface area contributed by atoms with Crippen LogP contribution in [0.4, 0.5) is 4.79 Å². The summed E-state index contributed by atoms with van der Waals surface area (Å²) in [6.45, 7) is 3.76. The van der Waals surface area contributed by atoms with Gasteiger partial charge in [-0.25, -0.2) is 9.69 Å². The number of carbonyl (C=O) groups excluding carboxylic acids is 2. The molecular weight excluding hydrogens is 322 g/mol. The number of imide groups is 1. The van der Waals surface area contributed by atoms with Crippen LogP contribution in [0.1, 0.15) is 56.4 Å². The number of thiophene rings is 1. The molecular formula is C18H26N3O2S+. The number of hydrogen-bond acceptors (Lipinski definition) is 3. The predicted octanol–water partition coefficient (Wildman–Crippen LogP) is 1.93. The summed E-state index contributed by atoms with van der Waals surface area (Å²) in [5.74, 6) is 0.672. The number of amides is 3. The van der Waals surface area contributed by atoms with Crippen LogP contribution in [-0.2, 0) is 4.79 Å². The highest BCUT2D eigenvalue weighted by Gasteiger charge is 2.53. The van der Waals surface area contributed by atoms with Crippen LogP contribution in [0, 0.1) is 5.92 Å². The summed E-state index contributed by atoms with van der Waals surface area (Å²) >= 11 is 1.78. The van der Waals surface area contributed by atoms with Crippen LogP contribution in [-0.4, -0.2) is 35.6 Å². The lowest BCUT2D eigenvalue weighted by atomic mass is 9.77. The highest BCUT2D eigenvalue weighted by molar-refractivity contribution is 7.10. The largest absolute Gasteiger partial charge is 0.329 e. The minimum atomic E-state index is -0.610. The van der Waals surface area contributed by atoms with Gasteiger partial charge in [0.05, 0.1) is 11.4 Å². The van der Waals surface area contributed by atoms with E-state index in [2.05, 4.69) is 29.8 Å². The van der Waals surface area contributed by atoms with Crippen LogP contribution in [0.15, 0.2) is 17.5 Å². The Hall–Kier alpha value is -1.40. The third-order valence-corrected chi connectivity index (χ3v) is 7.09. The minimum Gasteiger partial charge on any atom is -0.323 e. The van der Waals surface area contributed by atoms with Gasteiger partial charge in [-0.05, 0) is 43.0 Å². The van der Waals surface area contributed by atoms with Crippen molar-refractivity contribution in [1.29, 1.82) is 0 Å². The van der Waals surface area contributed by atoms with Gasteiger partial charge in [0.2, 0.25) is 0 Å². The molecule has 2 N–H and O–H groups in total. The van der Waals surface area contributed by atoms with Crippen molar-refractivity contribution >= 4 is 23.3 Å². The lowest BCUT2D eigenvalue weighted by Gasteiger charge is -2.33. The van der Waals surface area contributed by atoms with Gasteiger partial charge in [0.25, 0.3) is 5.91 Å². The summed E-state index contributed by atoms with van der Waals surface area (Å²) in [6, 6.07) is 4.51. The molecule has 1 aromatic rings. The van der Waals surface area contributed by atoms with Crippen molar-refractivity contribution in [1.82, 2.24) is 10.2 Å². The first-order valence-corrected chi connectivity index (χ1v) is 9.99. The fourth-order valence-electron chi connectivity index (χ4n) is 4.55. The normalized spacial score (nSPS) is 36.5. The molecule has 3 aliphatic rings. The second-order valence-corrected chi connectivity index (χ2v) is 8.68. The molecule has 3 amide bonds. The van der Waals surface area contributed by atoms with Crippen LogP contribution in [0.25, 0.3) is 0 Å². The Morgan fingerprint density at radius 1 is 1.33 bits per heavy atom. The van der Waals surface area contributed by atoms with Crippen LogP contribution in [0.2, 0.25) is 0 Å². The molecule has 2 saturated heterocycles. The maximum atomic E-state index is 13.0. The zero-order valence-electron chi connectivity index (χ0n) is 14.2. The maximum absolute atomic E-state index is 13.0. The summed E-state index contributed by atoms with van der Waals surface area (Å²) in [6.07, 6.45) is 5.92. The summed E-state index contributed by atoms with van der Waals surface area (Å²) in [5.41, 5.74) is -0.610. The van der Waals surface area contributed by atoms with Gasteiger partial charge in [-0.15, -0.1) is 11.3 Å². The lowest BCUT2D eigenvalue weighted by Crippen LogP contribution is -3.12. The van der Waals surface area contributed by atoms with Crippen molar-refractivity contribution in [3.8, 4) is 0 Å². The summed E-state index contributed by atoms with van der Waals surface area (Å²) in [4.78, 5) is 29.7. The Bertz CT molecular complexity index is 622. The van der Waals surface area contributed by atoms with Gasteiger partial charge in [0.15, 0.2) is 6.67 Å². The molecule has 3 fully saturated rings. The first-order chi connectivity index (χ1) is 11.6. The predicted molar refractivity (Wildman–Crippen MR) is 92.7 cm³/mol. The standard InChI is InChI=1S/C18H25N3O2S/c1-13-6-8-18(9-7-13)16(22)21(17(23)19-18)12-20-10-2-4-14(20)15-5-3-11-24-15/h3,5,11,13-14H,2,4,6-10,12H2,1H3,(H,19,23)/p+1/t13?,14-,18?/m1/s1. The van der Waals surface area contributed by atoms with Gasteiger partial charge >= 0.3 is 6.03 Å². The van der Waals surface area contributed by atoms with E-state index in [4.69, 9.17) is 0 Å². The first kappa shape index (κ1) is 16.1. The van der Waals surface area contributed by atoms with Crippen molar-refractivity contribution < 1.29 is 14.5 Å². The second kappa shape index (κ2) is 6.15. The van der Waals surface area contributed by atoms with E-state index in [1.807, 2.05) is 0 Å². The van der Waals surface area contributed by atoms with Gasteiger partial charge in [-0.3, -0.25) is 4.79 Å². The summed E-state index contributed by atoms with van der Waals surface area (Å²) in [5, 5.41) is 5.15. The third kappa shape index (κ3) is 2.65. The average Bonchev–Trinajstić information content (AvgIpc) is 3.28. The molecule has 4 rings (SSSR count). The van der Waals surface area contributed by atoms with Gasteiger partial charge in [0.1, 0.15) is 11.6 Å². The number of rotatable bonds is 3. The van der Waals surface area contributed by atoms with E-state index >= 15 is 0 Å². The SMILES string of the molecule is CC1CCC2(CC1)NC(=O)N(C[NH+]1CCC[C@@H]1c1cccs1)C2=O. The molecule has 5 nitrogen and oxygen atoms in total. The van der Waals surface area contributed by atoms with Crippen molar-refractivity contribution in [2.24, 2.45) is 5.92 Å². The molecule has 6 heteroatoms. The van der Waals surface area contributed by atoms with E-state index in [0.717, 1.165) is 45.1 Å². The van der Waals surface area contributed by atoms with Gasteiger partial charge in [0, 0.05) is 12.8 Å². The van der Waals surface area contributed by atoms with E-state index in [0.29, 0.717) is 18.6 Å². The van der Waals surface area contributed by atoms with Crippen LogP contribution in [0.5, 0.6) is 0 Å². The lowest BCUT2D eigenvalue weighted by molar-refractivity contribution is -0.925. The number of carbonyl (C=O) groups is 2. The Morgan fingerprint density at radius 2 is 2.12 bits per heavy atom. The number of hydrogen-bond donors (Lipinski definition) is 2. The Balaban J connectivity index is 1.48. The van der Waals surface area contributed by atoms with Crippen LogP contribution >= 0.6 is 11.3 Å². The molecule has 0 bridgehead atoms. The number of nitrogens with one attached hydrogen (secondary N) is 2. The Labute approximate surface area is 147 Å². The molecule has 1 saturated carbocycles. The van der Waals surface area contributed by atoms with E-state index in [-0.39, 0.29) is 11.9 Å². The quantitative estimate of drug-likeness (QED) is 0.820. The topological polar surface area (TPSA) is 53.9 Å². The number of nitrogens with zero attached hydrogens (tertiary/aromatic N) is 1. The van der Waals surface area contributed by atoms with Gasteiger partial charge in [-0.2, -0.15) is 0 Å². The second-order valence-electron chi connectivity index (χ2n) is 7.70. The molecule has 3 heterocycles. The Kier molecular flexibility index (Phi) is 4.12. The zero-order valence-corrected chi connectivity index (χ0v) is 15.0. The van der Waals surface area contributed by atoms with Crippen molar-refractivity contribution in [2.45, 2.75) is 57.0 Å². The molecule has 1 unspecified atom stereocenters. The maximum Gasteiger partial charge on any atom is 0.329 e. The molecule has 0 radical (unpaired) electrons. The molecule has 1 aromatic heterocycles. The first-order valence-electron chi connectivity index (χ1n) is 9.11. The number of urea groups is 1. The number of quaternary nitrogens is 1. The third-order valence-electron chi connectivity index (χ3n) is 6.11. The van der Waals surface area contributed by atoms with Gasteiger partial charge < -0.3 is 10.2 Å². The molecule has 130 valence electrons. The van der Waals surface area contributed by atoms with Gasteiger partial charge in [-0.1, -0.05) is 13.0 Å². The monoisotopic (exact) mass is 348 g/mol. The van der Waals surface area contributed by atoms with E-state index in [1.54, 1.807) is 11.3 Å². The fourth-order valence-corrected chi connectivity index (χ4v) is 5.47. The van der Waals surface area contributed by atoms with Crippen molar-refractivity contribution in [2.75, 3.05) is 13.2 Å². The summed E-state index contributed by atoms with van der Waals surface area (Å²) in [7, 11) is 0.